The molecule has 0 aliphatic carbocycles. The minimum absolute atomic E-state index is 0.0839. The van der Waals surface area contributed by atoms with Crippen LogP contribution in [0.5, 0.6) is 0 Å². The smallest absolute Gasteiger partial charge is 0.364 e. The number of fused-ring (bicyclic) bond motifs is 2. The predicted octanol–water partition coefficient (Wildman–Crippen LogP) is 10.6. The summed E-state index contributed by atoms with van der Waals surface area (Å²) in [6.45, 7) is 15.6. The lowest BCUT2D eigenvalue weighted by Gasteiger charge is -2.37. The average molecular weight is 1020 g/mol. The zero-order valence-corrected chi connectivity index (χ0v) is 42.2. The number of benzene rings is 1. The number of hydrogen-bond donors (Lipinski definition) is 0. The molecule has 11 rings (SSSR count). The van der Waals surface area contributed by atoms with Crippen molar-refractivity contribution in [3.63, 3.8) is 0 Å². The maximum absolute atomic E-state index is 13.9. The number of rotatable bonds is 11. The van der Waals surface area contributed by atoms with E-state index in [1.54, 1.807) is 16.8 Å². The van der Waals surface area contributed by atoms with Crippen LogP contribution < -0.4 is 9.80 Å². The molecule has 0 radical (unpaired) electrons. The SMILES string of the molecule is Cc1nc(-c2cc(Cc3nc(-c4cccnc4C(C)C)c4n3CCN(c3ccc(-c5nc(C(F)(F)F)cn5C5CN(C)C5)cc3)C4)cnc2C(C)C)c2n1CCN(c1ccc(-c3nc(C(F)(F)F)cn3C)nc1)C2. The van der Waals surface area contributed by atoms with Gasteiger partial charge in [-0.25, -0.2) is 19.9 Å². The molecule has 0 saturated carbocycles. The van der Waals surface area contributed by atoms with E-state index in [0.717, 1.165) is 86.3 Å². The molecule has 3 aliphatic heterocycles. The predicted molar refractivity (Wildman–Crippen MR) is 269 cm³/mol. The van der Waals surface area contributed by atoms with Crippen LogP contribution in [0.1, 0.15) is 96.9 Å². The number of aromatic nitrogens is 11. The second-order valence-corrected chi connectivity index (χ2v) is 20.4. The topological polar surface area (TPSA) is 120 Å². The molecular formula is C54H56F6N14. The molecule has 0 bridgehead atoms. The van der Waals surface area contributed by atoms with Crippen LogP contribution in [-0.4, -0.2) is 91.3 Å². The Morgan fingerprint density at radius 2 is 1.26 bits per heavy atom. The molecular weight excluding hydrogens is 959 g/mol. The van der Waals surface area contributed by atoms with Crippen LogP contribution in [-0.2, 0) is 52.0 Å². The first-order chi connectivity index (χ1) is 35.3. The highest BCUT2D eigenvalue weighted by Crippen LogP contribution is 2.40. The Kier molecular flexibility index (Phi) is 12.3. The Morgan fingerprint density at radius 3 is 1.91 bits per heavy atom. The number of anilines is 2. The number of hydrogen-bond acceptors (Lipinski definition) is 10. The number of nitrogens with zero attached hydrogens (tertiary/aromatic N) is 14. The summed E-state index contributed by atoms with van der Waals surface area (Å²) in [5.74, 6) is 2.46. The van der Waals surface area contributed by atoms with E-state index in [1.807, 2.05) is 62.8 Å². The van der Waals surface area contributed by atoms with Crippen LogP contribution >= 0.6 is 0 Å². The molecule has 0 spiro atoms. The summed E-state index contributed by atoms with van der Waals surface area (Å²) < 4.78 is 89.7. The second-order valence-electron chi connectivity index (χ2n) is 20.4. The summed E-state index contributed by atoms with van der Waals surface area (Å²) in [4.78, 5) is 39.6. The number of halogens is 6. The van der Waals surface area contributed by atoms with Gasteiger partial charge >= 0.3 is 12.4 Å². The molecule has 1 aromatic carbocycles. The van der Waals surface area contributed by atoms with E-state index in [0.29, 0.717) is 75.9 Å². The zero-order chi connectivity index (χ0) is 52.0. The number of likely N-dealkylation sites (N-methyl/N-ethyl adjacent to an activating group) is 1. The molecule has 3 aliphatic rings. The van der Waals surface area contributed by atoms with Crippen LogP contribution in [0.2, 0.25) is 0 Å². The fraction of sp³-hybridized carbons (Fsp3) is 0.389. The van der Waals surface area contributed by atoms with E-state index in [4.69, 9.17) is 19.9 Å². The van der Waals surface area contributed by atoms with Gasteiger partial charge in [0.25, 0.3) is 0 Å². The van der Waals surface area contributed by atoms with Gasteiger partial charge in [0.1, 0.15) is 23.2 Å². The molecule has 1 saturated heterocycles. The van der Waals surface area contributed by atoms with Crippen molar-refractivity contribution in [1.29, 1.82) is 0 Å². The normalized spacial score (nSPS) is 15.6. The Labute approximate surface area is 424 Å². The number of alkyl halides is 6. The quantitative estimate of drug-likeness (QED) is 0.116. The zero-order valence-electron chi connectivity index (χ0n) is 42.2. The summed E-state index contributed by atoms with van der Waals surface area (Å²) in [7, 11) is 3.48. The number of imidazole rings is 4. The van der Waals surface area contributed by atoms with Gasteiger partial charge in [-0.1, -0.05) is 27.7 Å². The van der Waals surface area contributed by atoms with Crippen LogP contribution in [0.4, 0.5) is 37.7 Å². The lowest BCUT2D eigenvalue weighted by molar-refractivity contribution is -0.141. The summed E-state index contributed by atoms with van der Waals surface area (Å²) in [5.41, 5.74) is 9.47. The van der Waals surface area contributed by atoms with Gasteiger partial charge < -0.3 is 33.0 Å². The van der Waals surface area contributed by atoms with E-state index in [-0.39, 0.29) is 23.7 Å². The molecule has 74 heavy (non-hydrogen) atoms. The van der Waals surface area contributed by atoms with Crippen molar-refractivity contribution in [2.45, 2.75) is 97.4 Å². The van der Waals surface area contributed by atoms with Gasteiger partial charge in [0.2, 0.25) is 0 Å². The monoisotopic (exact) mass is 1010 g/mol. The van der Waals surface area contributed by atoms with Gasteiger partial charge in [-0.3, -0.25) is 15.0 Å². The van der Waals surface area contributed by atoms with Crippen molar-refractivity contribution in [1.82, 2.24) is 58.1 Å². The van der Waals surface area contributed by atoms with E-state index in [9.17, 15) is 26.3 Å². The maximum atomic E-state index is 13.9. The van der Waals surface area contributed by atoms with Gasteiger partial charge in [0, 0.05) is 99.9 Å². The Morgan fingerprint density at radius 1 is 0.635 bits per heavy atom. The van der Waals surface area contributed by atoms with E-state index in [1.165, 1.54) is 11.6 Å². The van der Waals surface area contributed by atoms with Crippen LogP contribution in [0.3, 0.4) is 0 Å². The molecule has 10 heterocycles. The molecule has 384 valence electrons. The van der Waals surface area contributed by atoms with Gasteiger partial charge in [-0.2, -0.15) is 26.3 Å². The molecule has 0 amide bonds. The van der Waals surface area contributed by atoms with Crippen LogP contribution in [0, 0.1) is 6.92 Å². The largest absolute Gasteiger partial charge is 0.434 e. The first-order valence-corrected chi connectivity index (χ1v) is 24.9. The molecule has 8 aromatic rings. The van der Waals surface area contributed by atoms with Crippen molar-refractivity contribution in [3.8, 4) is 45.4 Å². The molecule has 7 aromatic heterocycles. The third kappa shape index (κ3) is 8.99. The third-order valence-electron chi connectivity index (χ3n) is 14.5. The fourth-order valence-electron chi connectivity index (χ4n) is 10.8. The standard InChI is InChI=1S/C54H56F6N14/c1-31(2)47-39(9-8-16-61-47)49-43-28-70(36-12-10-35(11-13-36)51-65-45(54(58,59)60)30-74(51)38-25-68(6)26-38)18-20-73(43)46(67-49)22-34-21-40(48(32(3)4)63-23-34)50-42-27-71(17-19-72(42)33(5)64-50)37-14-15-41(62-24-37)52-66-44(29-69(52)7)53(55,56)57/h8-16,21,23-24,29-32,38H,17-20,22,25-28H2,1-7H3. The lowest BCUT2D eigenvalue weighted by atomic mass is 9.97. The van der Waals surface area contributed by atoms with Crippen molar-refractivity contribution in [3.05, 3.63) is 137 Å². The highest BCUT2D eigenvalue weighted by Gasteiger charge is 2.38. The lowest BCUT2D eigenvalue weighted by Crippen LogP contribution is -2.44. The van der Waals surface area contributed by atoms with Crippen LogP contribution in [0.25, 0.3) is 45.4 Å². The van der Waals surface area contributed by atoms with E-state index in [2.05, 4.69) is 78.6 Å². The van der Waals surface area contributed by atoms with Gasteiger partial charge in [-0.05, 0) is 86.0 Å². The molecule has 14 nitrogen and oxygen atoms in total. The minimum atomic E-state index is -4.56. The summed E-state index contributed by atoms with van der Waals surface area (Å²) in [6.07, 6.45) is -1.05. The van der Waals surface area contributed by atoms with Crippen molar-refractivity contribution in [2.24, 2.45) is 7.05 Å². The molecule has 1 fully saturated rings. The first kappa shape index (κ1) is 48.9. The Bertz CT molecular complexity index is 3370. The highest BCUT2D eigenvalue weighted by molar-refractivity contribution is 5.70. The molecule has 0 unspecified atom stereocenters. The highest BCUT2D eigenvalue weighted by atomic mass is 19.4. The Balaban J connectivity index is 0.897. The second kappa shape index (κ2) is 18.5. The third-order valence-corrected chi connectivity index (χ3v) is 14.5. The number of aryl methyl sites for hydroxylation is 2. The number of likely N-dealkylation sites (tertiary alicyclic amines) is 1. The molecule has 0 N–H and O–H groups in total. The average Bonchev–Trinajstić information content (AvgIpc) is 4.16. The van der Waals surface area contributed by atoms with E-state index < -0.39 is 23.7 Å². The van der Waals surface area contributed by atoms with Crippen LogP contribution in [0.15, 0.2) is 85.6 Å². The van der Waals surface area contributed by atoms with Gasteiger partial charge in [0.05, 0.1) is 65.2 Å². The molecule has 20 heteroatoms. The summed E-state index contributed by atoms with van der Waals surface area (Å²) in [5, 5.41) is 0. The maximum Gasteiger partial charge on any atom is 0.434 e. The number of pyridine rings is 3. The van der Waals surface area contributed by atoms with Gasteiger partial charge in [-0.15, -0.1) is 0 Å². The van der Waals surface area contributed by atoms with Crippen molar-refractivity contribution < 1.29 is 26.3 Å². The Hall–Kier alpha value is -7.35. The fourth-order valence-corrected chi connectivity index (χ4v) is 10.8. The van der Waals surface area contributed by atoms with Crippen molar-refractivity contribution in [2.75, 3.05) is 43.0 Å². The van der Waals surface area contributed by atoms with Gasteiger partial charge in [0.15, 0.2) is 17.2 Å². The van der Waals surface area contributed by atoms with Crippen molar-refractivity contribution >= 4 is 11.4 Å². The summed E-state index contributed by atoms with van der Waals surface area (Å²) in [6, 6.07) is 17.4. The van der Waals surface area contributed by atoms with E-state index >= 15 is 0 Å². The first-order valence-electron chi connectivity index (χ1n) is 24.9. The summed E-state index contributed by atoms with van der Waals surface area (Å²) >= 11 is 0. The molecule has 0 atom stereocenters. The minimum Gasteiger partial charge on any atom is -0.364 e.